The summed E-state index contributed by atoms with van der Waals surface area (Å²) in [5.41, 5.74) is 8.25. The van der Waals surface area contributed by atoms with Gasteiger partial charge in [-0.1, -0.05) is 115 Å². The molecule has 0 unspecified atom stereocenters. The van der Waals surface area contributed by atoms with Gasteiger partial charge < -0.3 is 0 Å². The Morgan fingerprint density at radius 3 is 1.77 bits per heavy atom. The van der Waals surface area contributed by atoms with E-state index in [-0.39, 0.29) is 0 Å². The van der Waals surface area contributed by atoms with Gasteiger partial charge in [-0.05, 0) is 85.8 Å². The molecule has 0 radical (unpaired) electrons. The zero-order chi connectivity index (χ0) is 26.6. The number of hydrogen-bond acceptors (Lipinski definition) is 1. The van der Waals surface area contributed by atoms with Crippen LogP contribution in [0.3, 0.4) is 0 Å². The van der Waals surface area contributed by atoms with Crippen LogP contribution < -0.4 is 0 Å². The third kappa shape index (κ3) is 3.40. The molecule has 0 spiro atoms. The van der Waals surface area contributed by atoms with Crippen molar-refractivity contribution in [2.45, 2.75) is 6.92 Å². The molecule has 188 valence electrons. The Kier molecular flexibility index (Phi) is 5.08. The molecule has 8 aromatic rings. The zero-order valence-electron chi connectivity index (χ0n) is 22.2. The fourth-order valence-corrected chi connectivity index (χ4v) is 6.43. The number of imidazole rings is 1. The van der Waals surface area contributed by atoms with Gasteiger partial charge in [0.15, 0.2) is 0 Å². The predicted octanol–water partition coefficient (Wildman–Crippen LogP) is 10.1. The first-order chi connectivity index (χ1) is 19.8. The fraction of sp³-hybridized carbons (Fsp3) is 0.0263. The topological polar surface area (TPSA) is 17.8 Å². The number of para-hydroxylation sites is 1. The molecule has 0 atom stereocenters. The molecule has 1 heterocycles. The summed E-state index contributed by atoms with van der Waals surface area (Å²) in [4.78, 5) is 5.00. The molecule has 0 amide bonds. The van der Waals surface area contributed by atoms with Gasteiger partial charge in [0.25, 0.3) is 0 Å². The van der Waals surface area contributed by atoms with E-state index in [9.17, 15) is 0 Å². The minimum absolute atomic E-state index is 0.986. The molecule has 0 fully saturated rings. The third-order valence-corrected chi connectivity index (χ3v) is 8.12. The first-order valence-corrected chi connectivity index (χ1v) is 13.7. The van der Waals surface area contributed by atoms with Gasteiger partial charge in [-0.2, -0.15) is 0 Å². The van der Waals surface area contributed by atoms with Crippen molar-refractivity contribution < 1.29 is 0 Å². The number of benzene rings is 7. The zero-order valence-corrected chi connectivity index (χ0v) is 22.2. The highest BCUT2D eigenvalue weighted by Gasteiger charge is 2.19. The summed E-state index contributed by atoms with van der Waals surface area (Å²) in [6.07, 6.45) is 0. The minimum Gasteiger partial charge on any atom is -0.297 e. The maximum atomic E-state index is 5.00. The minimum atomic E-state index is 0.986. The second-order valence-corrected chi connectivity index (χ2v) is 10.4. The Morgan fingerprint density at radius 1 is 0.500 bits per heavy atom. The molecule has 0 saturated heterocycles. The van der Waals surface area contributed by atoms with Crippen LogP contribution in [0.1, 0.15) is 5.82 Å². The Hall–Kier alpha value is -5.21. The van der Waals surface area contributed by atoms with Crippen molar-refractivity contribution in [3.63, 3.8) is 0 Å². The van der Waals surface area contributed by atoms with Gasteiger partial charge in [0.05, 0.1) is 11.0 Å². The average Bonchev–Trinajstić information content (AvgIpc) is 3.34. The molecular formula is C38H26N2. The molecule has 0 N–H and O–H groups in total. The first-order valence-electron chi connectivity index (χ1n) is 13.7. The highest BCUT2D eigenvalue weighted by Crippen LogP contribution is 2.45. The Balaban J connectivity index is 1.44. The smallest absolute Gasteiger partial charge is 0.111 e. The second-order valence-electron chi connectivity index (χ2n) is 10.4. The fourth-order valence-electron chi connectivity index (χ4n) is 6.43. The lowest BCUT2D eigenvalue weighted by molar-refractivity contribution is 1.00. The lowest BCUT2D eigenvalue weighted by Gasteiger charge is -2.19. The molecule has 0 bridgehead atoms. The van der Waals surface area contributed by atoms with Crippen molar-refractivity contribution in [1.82, 2.24) is 9.55 Å². The molecule has 8 rings (SSSR count). The standard InChI is InChI=1S/C38H26N2/c1-25-39-35-24-27(22-23-36(35)40(25)28-14-3-2-4-15-28)37-31-17-7-9-19-33(31)38(34-20-10-8-18-32(34)37)30-21-11-13-26-12-5-6-16-29(26)30/h2-24H,1H3. The van der Waals surface area contributed by atoms with Gasteiger partial charge in [0.1, 0.15) is 5.82 Å². The number of rotatable bonds is 3. The molecule has 2 heteroatoms. The molecule has 0 aliphatic rings. The summed E-state index contributed by atoms with van der Waals surface area (Å²) in [7, 11) is 0. The van der Waals surface area contributed by atoms with Gasteiger partial charge in [-0.15, -0.1) is 0 Å². The van der Waals surface area contributed by atoms with Crippen LogP contribution in [0.4, 0.5) is 0 Å². The van der Waals surface area contributed by atoms with Gasteiger partial charge in [0, 0.05) is 5.69 Å². The van der Waals surface area contributed by atoms with E-state index in [0.29, 0.717) is 0 Å². The van der Waals surface area contributed by atoms with Gasteiger partial charge >= 0.3 is 0 Å². The lowest BCUT2D eigenvalue weighted by Crippen LogP contribution is -1.96. The van der Waals surface area contributed by atoms with Crippen LogP contribution >= 0.6 is 0 Å². The molecule has 1 aromatic heterocycles. The van der Waals surface area contributed by atoms with E-state index in [1.54, 1.807) is 0 Å². The van der Waals surface area contributed by atoms with Gasteiger partial charge in [0.2, 0.25) is 0 Å². The third-order valence-electron chi connectivity index (χ3n) is 8.12. The van der Waals surface area contributed by atoms with Crippen molar-refractivity contribution in [2.24, 2.45) is 0 Å². The van der Waals surface area contributed by atoms with Crippen LogP contribution in [-0.2, 0) is 0 Å². The molecular weight excluding hydrogens is 484 g/mol. The Bertz CT molecular complexity index is 2160. The molecule has 0 saturated carbocycles. The average molecular weight is 511 g/mol. The van der Waals surface area contributed by atoms with Crippen LogP contribution in [0.15, 0.2) is 140 Å². The summed E-state index contributed by atoms with van der Waals surface area (Å²) < 4.78 is 2.24. The molecule has 40 heavy (non-hydrogen) atoms. The second kappa shape index (κ2) is 8.93. The SMILES string of the molecule is Cc1nc2cc(-c3c4ccccc4c(-c4cccc5ccccc45)c4ccccc34)ccc2n1-c1ccccc1. The van der Waals surface area contributed by atoms with Crippen molar-refractivity contribution in [2.75, 3.05) is 0 Å². The highest BCUT2D eigenvalue weighted by atomic mass is 15.1. The number of fused-ring (bicyclic) bond motifs is 4. The predicted molar refractivity (Wildman–Crippen MR) is 169 cm³/mol. The number of hydrogen-bond donors (Lipinski definition) is 0. The normalized spacial score (nSPS) is 11.6. The van der Waals surface area contributed by atoms with E-state index in [1.807, 2.05) is 6.07 Å². The summed E-state index contributed by atoms with van der Waals surface area (Å²) >= 11 is 0. The summed E-state index contributed by atoms with van der Waals surface area (Å²) in [5, 5.41) is 7.56. The number of aromatic nitrogens is 2. The summed E-state index contributed by atoms with van der Waals surface area (Å²) in [6.45, 7) is 2.08. The van der Waals surface area contributed by atoms with Crippen LogP contribution in [0.2, 0.25) is 0 Å². The van der Waals surface area contributed by atoms with Crippen LogP contribution in [0.5, 0.6) is 0 Å². The van der Waals surface area contributed by atoms with Gasteiger partial charge in [-0.25, -0.2) is 4.98 Å². The highest BCUT2D eigenvalue weighted by molar-refractivity contribution is 6.23. The largest absolute Gasteiger partial charge is 0.297 e. The van der Waals surface area contributed by atoms with Crippen LogP contribution in [-0.4, -0.2) is 9.55 Å². The van der Waals surface area contributed by atoms with Crippen LogP contribution in [0.25, 0.3) is 71.3 Å². The summed E-state index contributed by atoms with van der Waals surface area (Å²) in [6, 6.07) is 50.2. The maximum Gasteiger partial charge on any atom is 0.111 e. The number of nitrogens with zero attached hydrogens (tertiary/aromatic N) is 2. The molecule has 2 nitrogen and oxygen atoms in total. The van der Waals surface area contributed by atoms with E-state index >= 15 is 0 Å². The Labute approximate surface area is 232 Å². The van der Waals surface area contributed by atoms with Crippen molar-refractivity contribution >= 4 is 43.4 Å². The van der Waals surface area contributed by atoms with E-state index in [2.05, 4.69) is 145 Å². The van der Waals surface area contributed by atoms with Crippen molar-refractivity contribution in [3.8, 4) is 27.9 Å². The Morgan fingerprint density at radius 2 is 1.07 bits per heavy atom. The number of aryl methyl sites for hydroxylation is 1. The molecule has 7 aromatic carbocycles. The van der Waals surface area contributed by atoms with E-state index in [1.165, 1.54) is 54.6 Å². The van der Waals surface area contributed by atoms with E-state index in [4.69, 9.17) is 4.98 Å². The van der Waals surface area contributed by atoms with Crippen molar-refractivity contribution in [3.05, 3.63) is 145 Å². The molecule has 0 aliphatic heterocycles. The maximum absolute atomic E-state index is 5.00. The lowest BCUT2D eigenvalue weighted by atomic mass is 9.84. The quantitative estimate of drug-likeness (QED) is 0.216. The van der Waals surface area contributed by atoms with E-state index in [0.717, 1.165) is 22.5 Å². The van der Waals surface area contributed by atoms with E-state index < -0.39 is 0 Å². The van der Waals surface area contributed by atoms with Crippen LogP contribution in [0, 0.1) is 6.92 Å². The molecule has 0 aliphatic carbocycles. The van der Waals surface area contributed by atoms with Gasteiger partial charge in [-0.3, -0.25) is 4.57 Å². The summed E-state index contributed by atoms with van der Waals surface area (Å²) in [5.74, 6) is 0.986. The van der Waals surface area contributed by atoms with Crippen molar-refractivity contribution in [1.29, 1.82) is 0 Å². The first kappa shape index (κ1) is 22.7. The monoisotopic (exact) mass is 510 g/mol.